The van der Waals surface area contributed by atoms with Crippen molar-refractivity contribution in [2.24, 2.45) is 0 Å². The van der Waals surface area contributed by atoms with E-state index < -0.39 is 0 Å². The molecular formula is C23H24ClN5O2S. The second-order valence-electron chi connectivity index (χ2n) is 8.13. The van der Waals surface area contributed by atoms with E-state index in [1.807, 2.05) is 57.3 Å². The van der Waals surface area contributed by atoms with E-state index in [0.717, 1.165) is 16.9 Å². The maximum Gasteiger partial charge on any atom is 0.268 e. The van der Waals surface area contributed by atoms with Crippen molar-refractivity contribution in [2.75, 3.05) is 0 Å². The van der Waals surface area contributed by atoms with Gasteiger partial charge in [-0.15, -0.1) is 11.3 Å². The van der Waals surface area contributed by atoms with Crippen LogP contribution in [0.1, 0.15) is 36.5 Å². The van der Waals surface area contributed by atoms with Crippen LogP contribution in [-0.2, 0) is 11.2 Å². The number of amides is 1. The zero-order valence-electron chi connectivity index (χ0n) is 18.6. The average Bonchev–Trinajstić information content (AvgIpc) is 3.26. The number of carbonyl (C=O) groups is 1. The Balaban J connectivity index is 1.83. The molecule has 1 amide bonds. The molecule has 7 nitrogen and oxygen atoms in total. The monoisotopic (exact) mass is 469 g/mol. The van der Waals surface area contributed by atoms with Crippen LogP contribution in [0.2, 0.25) is 5.02 Å². The molecule has 0 aliphatic carbocycles. The number of hydrogen-bond donors (Lipinski definition) is 1. The van der Waals surface area contributed by atoms with E-state index in [0.29, 0.717) is 32.6 Å². The number of rotatable bonds is 5. The molecular weight excluding hydrogens is 446 g/mol. The number of nitrogens with zero attached hydrogens (tertiary/aromatic N) is 4. The maximum absolute atomic E-state index is 13.5. The quantitative estimate of drug-likeness (QED) is 0.473. The summed E-state index contributed by atoms with van der Waals surface area (Å²) in [5, 5.41) is 10.0. The third-order valence-corrected chi connectivity index (χ3v) is 6.26. The first-order chi connectivity index (χ1) is 15.2. The van der Waals surface area contributed by atoms with Gasteiger partial charge in [0.15, 0.2) is 4.96 Å². The Hall–Kier alpha value is -2.97. The van der Waals surface area contributed by atoms with E-state index in [2.05, 4.69) is 10.3 Å². The fraction of sp³-hybridized carbons (Fsp3) is 0.304. The second kappa shape index (κ2) is 8.52. The third kappa shape index (κ3) is 4.08. The summed E-state index contributed by atoms with van der Waals surface area (Å²) >= 11 is 7.55. The maximum atomic E-state index is 13.5. The predicted octanol–water partition coefficient (Wildman–Crippen LogP) is 4.25. The molecule has 4 rings (SSSR count). The van der Waals surface area contributed by atoms with Crippen molar-refractivity contribution in [3.63, 3.8) is 0 Å². The van der Waals surface area contributed by atoms with Crippen LogP contribution in [-0.4, -0.2) is 31.1 Å². The Labute approximate surface area is 194 Å². The first kappa shape index (κ1) is 22.2. The van der Waals surface area contributed by atoms with E-state index in [-0.39, 0.29) is 23.9 Å². The number of aryl methyl sites for hydroxylation is 3. The summed E-state index contributed by atoms with van der Waals surface area (Å²) in [6, 6.07) is 7.53. The number of thiazole rings is 1. The van der Waals surface area contributed by atoms with E-state index in [1.165, 1.54) is 15.7 Å². The van der Waals surface area contributed by atoms with E-state index in [1.54, 1.807) is 11.6 Å². The molecule has 0 spiro atoms. The van der Waals surface area contributed by atoms with Crippen LogP contribution in [0.25, 0.3) is 21.9 Å². The van der Waals surface area contributed by atoms with Gasteiger partial charge in [-0.2, -0.15) is 5.10 Å². The molecule has 1 N–H and O–H groups in total. The molecule has 0 aliphatic heterocycles. The minimum atomic E-state index is -0.228. The first-order valence-corrected chi connectivity index (χ1v) is 11.5. The Morgan fingerprint density at radius 2 is 1.97 bits per heavy atom. The van der Waals surface area contributed by atoms with Gasteiger partial charge in [-0.25, -0.2) is 9.67 Å². The normalized spacial score (nSPS) is 11.5. The Morgan fingerprint density at radius 3 is 2.69 bits per heavy atom. The van der Waals surface area contributed by atoms with Crippen molar-refractivity contribution in [2.45, 2.75) is 47.1 Å². The molecule has 0 fully saturated rings. The summed E-state index contributed by atoms with van der Waals surface area (Å²) in [5.74, 6) is -0.134. The van der Waals surface area contributed by atoms with Crippen molar-refractivity contribution in [3.8, 4) is 16.9 Å². The molecule has 3 heterocycles. The Morgan fingerprint density at radius 1 is 1.22 bits per heavy atom. The second-order valence-corrected chi connectivity index (χ2v) is 9.41. The van der Waals surface area contributed by atoms with Crippen molar-refractivity contribution < 1.29 is 4.79 Å². The fourth-order valence-electron chi connectivity index (χ4n) is 3.71. The Bertz CT molecular complexity index is 1400. The van der Waals surface area contributed by atoms with Gasteiger partial charge >= 0.3 is 0 Å². The lowest BCUT2D eigenvalue weighted by Crippen LogP contribution is -2.32. The van der Waals surface area contributed by atoms with E-state index in [4.69, 9.17) is 16.7 Å². The van der Waals surface area contributed by atoms with Gasteiger partial charge in [0.1, 0.15) is 5.69 Å². The highest BCUT2D eigenvalue weighted by molar-refractivity contribution is 7.15. The molecule has 0 bridgehead atoms. The number of nitrogens with one attached hydrogen (secondary N) is 1. The van der Waals surface area contributed by atoms with Crippen LogP contribution in [0.15, 0.2) is 34.4 Å². The summed E-state index contributed by atoms with van der Waals surface area (Å²) in [5.41, 5.74) is 4.69. The number of carbonyl (C=O) groups excluding carboxylic acids is 1. The molecule has 4 aromatic rings. The summed E-state index contributed by atoms with van der Waals surface area (Å²) in [4.78, 5) is 31.0. The number of hydrogen-bond acceptors (Lipinski definition) is 5. The fourth-order valence-corrected chi connectivity index (χ4v) is 4.80. The topological polar surface area (TPSA) is 81.3 Å². The molecule has 0 aliphatic rings. The Kier molecular flexibility index (Phi) is 5.92. The minimum Gasteiger partial charge on any atom is -0.354 e. The summed E-state index contributed by atoms with van der Waals surface area (Å²) < 4.78 is 3.31. The van der Waals surface area contributed by atoms with E-state index >= 15 is 0 Å². The van der Waals surface area contributed by atoms with Crippen LogP contribution in [0.5, 0.6) is 0 Å². The minimum absolute atomic E-state index is 0.0296. The molecule has 0 unspecified atom stereocenters. The van der Waals surface area contributed by atoms with Crippen LogP contribution in [0, 0.1) is 20.8 Å². The highest BCUT2D eigenvalue weighted by Crippen LogP contribution is 2.26. The molecule has 0 atom stereocenters. The van der Waals surface area contributed by atoms with Gasteiger partial charge in [-0.1, -0.05) is 17.7 Å². The average molecular weight is 470 g/mol. The van der Waals surface area contributed by atoms with Gasteiger partial charge in [-0.3, -0.25) is 14.0 Å². The van der Waals surface area contributed by atoms with Crippen LogP contribution in [0.4, 0.5) is 0 Å². The molecule has 0 saturated carbocycles. The van der Waals surface area contributed by atoms with Gasteiger partial charge in [-0.05, 0) is 58.4 Å². The number of fused-ring (bicyclic) bond motifs is 1. The largest absolute Gasteiger partial charge is 0.354 e. The van der Waals surface area contributed by atoms with Gasteiger partial charge < -0.3 is 5.32 Å². The highest BCUT2D eigenvalue weighted by atomic mass is 35.5. The number of halogens is 1. The van der Waals surface area contributed by atoms with Gasteiger partial charge in [0, 0.05) is 27.8 Å². The lowest BCUT2D eigenvalue weighted by Gasteiger charge is -2.09. The van der Waals surface area contributed by atoms with Crippen LogP contribution in [0.3, 0.4) is 0 Å². The van der Waals surface area contributed by atoms with Crippen molar-refractivity contribution >= 4 is 33.8 Å². The molecule has 166 valence electrons. The van der Waals surface area contributed by atoms with Crippen LogP contribution >= 0.6 is 22.9 Å². The molecule has 1 aromatic carbocycles. The van der Waals surface area contributed by atoms with Gasteiger partial charge in [0.2, 0.25) is 5.91 Å². The first-order valence-electron chi connectivity index (χ1n) is 10.3. The lowest BCUT2D eigenvalue weighted by atomic mass is 10.1. The lowest BCUT2D eigenvalue weighted by molar-refractivity contribution is -0.120. The standard InChI is InChI=1S/C23H24ClN5O2S/c1-12(2)25-20(30)10-17-11-32-23-26-15(5)21(22(31)28(17)23)18-8-14(4)29(27-18)19-9-16(24)7-6-13(19)3/h6-9,11-12H,10H2,1-5H3,(H,25,30). The van der Waals surface area contributed by atoms with E-state index in [9.17, 15) is 9.59 Å². The van der Waals surface area contributed by atoms with Crippen molar-refractivity contribution in [1.29, 1.82) is 0 Å². The number of aromatic nitrogens is 4. The van der Waals surface area contributed by atoms with Gasteiger partial charge in [0.25, 0.3) is 5.56 Å². The summed E-state index contributed by atoms with van der Waals surface area (Å²) in [6.45, 7) is 9.53. The molecule has 3 aromatic heterocycles. The SMILES string of the molecule is Cc1ccc(Cl)cc1-n1nc(-c2c(C)nc3scc(CC(=O)NC(C)C)n3c2=O)cc1C. The van der Waals surface area contributed by atoms with Crippen molar-refractivity contribution in [1.82, 2.24) is 24.5 Å². The smallest absolute Gasteiger partial charge is 0.268 e. The van der Waals surface area contributed by atoms with Crippen molar-refractivity contribution in [3.05, 3.63) is 67.7 Å². The zero-order chi connectivity index (χ0) is 23.2. The molecule has 0 radical (unpaired) electrons. The third-order valence-electron chi connectivity index (χ3n) is 5.16. The van der Waals surface area contributed by atoms with Gasteiger partial charge in [0.05, 0.1) is 23.4 Å². The summed E-state index contributed by atoms with van der Waals surface area (Å²) in [7, 11) is 0. The molecule has 9 heteroatoms. The van der Waals surface area contributed by atoms with Crippen LogP contribution < -0.4 is 10.9 Å². The summed E-state index contributed by atoms with van der Waals surface area (Å²) in [6.07, 6.45) is 0.109. The molecule has 32 heavy (non-hydrogen) atoms. The predicted molar refractivity (Wildman–Crippen MR) is 128 cm³/mol. The molecule has 0 saturated heterocycles. The zero-order valence-corrected chi connectivity index (χ0v) is 20.1. The highest BCUT2D eigenvalue weighted by Gasteiger charge is 2.20. The number of benzene rings is 1.